The van der Waals surface area contributed by atoms with Crippen LogP contribution in [-0.4, -0.2) is 14.3 Å². The van der Waals surface area contributed by atoms with E-state index in [9.17, 15) is 0 Å². The summed E-state index contributed by atoms with van der Waals surface area (Å²) in [4.78, 5) is 8.35. The molecule has 0 unspecified atom stereocenters. The second-order valence-corrected chi connectivity index (χ2v) is 3.20. The minimum Gasteiger partial charge on any atom is -0.240 e. The van der Waals surface area contributed by atoms with E-state index < -0.39 is 0 Å². The Balaban J connectivity index is 2.87. The van der Waals surface area contributed by atoms with Crippen molar-refractivity contribution >= 4 is 21.7 Å². The number of nitrogens with zero attached hydrogens (tertiary/aromatic N) is 3. The molecular weight excluding hydrogens is 158 g/mol. The quantitative estimate of drug-likeness (QED) is 0.596. The van der Waals surface area contributed by atoms with Crippen molar-refractivity contribution in [1.82, 2.24) is 14.3 Å². The molecule has 2 aromatic rings. The Morgan fingerprint density at radius 2 is 2.18 bits per heavy atom. The topological polar surface area (TPSA) is 38.7 Å². The Hall–Kier alpha value is -1.03. The maximum atomic E-state index is 4.27. The maximum Gasteiger partial charge on any atom is 0.126 e. The molecule has 2 rings (SSSR count). The van der Waals surface area contributed by atoms with Crippen LogP contribution >= 0.6 is 11.5 Å². The van der Waals surface area contributed by atoms with Gasteiger partial charge in [0.15, 0.2) is 0 Å². The lowest BCUT2D eigenvalue weighted by atomic mass is 10.4. The maximum absolute atomic E-state index is 4.27. The number of aromatic nitrogens is 3. The van der Waals surface area contributed by atoms with Crippen molar-refractivity contribution < 1.29 is 0 Å². The summed E-state index contributed by atoms with van der Waals surface area (Å²) >= 11 is 1.45. The van der Waals surface area contributed by atoms with Crippen molar-refractivity contribution in [1.29, 1.82) is 0 Å². The van der Waals surface area contributed by atoms with Crippen molar-refractivity contribution in [3.8, 4) is 0 Å². The SMILES string of the molecule is Cc1ncc2snc(C)c2n1. The molecule has 11 heavy (non-hydrogen) atoms. The van der Waals surface area contributed by atoms with Crippen LogP contribution < -0.4 is 0 Å². The lowest BCUT2D eigenvalue weighted by molar-refractivity contribution is 1.09. The van der Waals surface area contributed by atoms with Crippen LogP contribution in [0.1, 0.15) is 11.5 Å². The van der Waals surface area contributed by atoms with Gasteiger partial charge in [-0.1, -0.05) is 0 Å². The zero-order valence-corrected chi connectivity index (χ0v) is 7.14. The molecule has 0 aromatic carbocycles. The van der Waals surface area contributed by atoms with E-state index in [0.29, 0.717) is 0 Å². The van der Waals surface area contributed by atoms with Crippen molar-refractivity contribution in [3.63, 3.8) is 0 Å². The molecule has 0 bridgehead atoms. The van der Waals surface area contributed by atoms with E-state index in [-0.39, 0.29) is 0 Å². The van der Waals surface area contributed by atoms with E-state index in [1.807, 2.05) is 20.0 Å². The Morgan fingerprint density at radius 1 is 1.36 bits per heavy atom. The monoisotopic (exact) mass is 165 g/mol. The normalized spacial score (nSPS) is 10.7. The summed E-state index contributed by atoms with van der Waals surface area (Å²) in [6, 6.07) is 0. The lowest BCUT2D eigenvalue weighted by Crippen LogP contribution is -1.85. The third-order valence-electron chi connectivity index (χ3n) is 1.50. The summed E-state index contributed by atoms with van der Waals surface area (Å²) in [5.41, 5.74) is 1.98. The summed E-state index contributed by atoms with van der Waals surface area (Å²) in [7, 11) is 0. The predicted octanol–water partition coefficient (Wildman–Crippen LogP) is 1.70. The molecular formula is C7H7N3S. The average Bonchev–Trinajstić information content (AvgIpc) is 2.33. The van der Waals surface area contributed by atoms with E-state index in [0.717, 1.165) is 21.7 Å². The smallest absolute Gasteiger partial charge is 0.126 e. The van der Waals surface area contributed by atoms with Gasteiger partial charge in [-0.05, 0) is 25.4 Å². The van der Waals surface area contributed by atoms with Crippen LogP contribution in [0.4, 0.5) is 0 Å². The van der Waals surface area contributed by atoms with Crippen molar-refractivity contribution in [3.05, 3.63) is 17.7 Å². The fraction of sp³-hybridized carbons (Fsp3) is 0.286. The van der Waals surface area contributed by atoms with Crippen LogP contribution in [0.25, 0.3) is 10.2 Å². The van der Waals surface area contributed by atoms with E-state index in [1.165, 1.54) is 11.5 Å². The van der Waals surface area contributed by atoms with Gasteiger partial charge in [-0.3, -0.25) is 0 Å². The molecule has 0 radical (unpaired) electrons. The highest BCUT2D eigenvalue weighted by Gasteiger charge is 2.02. The van der Waals surface area contributed by atoms with Crippen LogP contribution in [0.3, 0.4) is 0 Å². The standard InChI is InChI=1S/C7H7N3S/c1-4-7-6(11-10-4)3-8-5(2)9-7/h3H,1-2H3. The molecule has 0 atom stereocenters. The summed E-state index contributed by atoms with van der Waals surface area (Å²) in [5.74, 6) is 0.806. The zero-order valence-electron chi connectivity index (χ0n) is 6.33. The molecule has 0 fully saturated rings. The van der Waals surface area contributed by atoms with Gasteiger partial charge in [0.05, 0.1) is 16.6 Å². The first-order valence-corrected chi connectivity index (χ1v) is 4.10. The lowest BCUT2D eigenvalue weighted by Gasteiger charge is -1.89. The summed E-state index contributed by atoms with van der Waals surface area (Å²) in [5, 5.41) is 0. The summed E-state index contributed by atoms with van der Waals surface area (Å²) in [6.45, 7) is 3.85. The van der Waals surface area contributed by atoms with Gasteiger partial charge in [-0.2, -0.15) is 4.37 Å². The van der Waals surface area contributed by atoms with Crippen LogP contribution in [0.5, 0.6) is 0 Å². The predicted molar refractivity (Wildman–Crippen MR) is 44.7 cm³/mol. The molecule has 0 saturated carbocycles. The number of rotatable bonds is 0. The average molecular weight is 165 g/mol. The molecule has 0 aliphatic rings. The number of aryl methyl sites for hydroxylation is 2. The van der Waals surface area contributed by atoms with Gasteiger partial charge < -0.3 is 0 Å². The van der Waals surface area contributed by atoms with Gasteiger partial charge in [0.1, 0.15) is 11.3 Å². The van der Waals surface area contributed by atoms with Gasteiger partial charge >= 0.3 is 0 Å². The van der Waals surface area contributed by atoms with Crippen molar-refractivity contribution in [2.75, 3.05) is 0 Å². The molecule has 0 N–H and O–H groups in total. The van der Waals surface area contributed by atoms with E-state index in [2.05, 4.69) is 14.3 Å². The largest absolute Gasteiger partial charge is 0.240 e. The van der Waals surface area contributed by atoms with E-state index in [1.54, 1.807) is 0 Å². The van der Waals surface area contributed by atoms with Gasteiger partial charge in [0.25, 0.3) is 0 Å². The Morgan fingerprint density at radius 3 is 3.00 bits per heavy atom. The number of fused-ring (bicyclic) bond motifs is 1. The molecule has 56 valence electrons. The highest BCUT2D eigenvalue weighted by atomic mass is 32.1. The fourth-order valence-electron chi connectivity index (χ4n) is 0.946. The Bertz CT molecular complexity index is 393. The first-order valence-electron chi connectivity index (χ1n) is 3.33. The van der Waals surface area contributed by atoms with Crippen LogP contribution in [0, 0.1) is 13.8 Å². The van der Waals surface area contributed by atoms with Crippen molar-refractivity contribution in [2.45, 2.75) is 13.8 Å². The first kappa shape index (κ1) is 6.67. The van der Waals surface area contributed by atoms with Gasteiger partial charge in [-0.25, -0.2) is 9.97 Å². The first-order chi connectivity index (χ1) is 5.27. The molecule has 2 aromatic heterocycles. The van der Waals surface area contributed by atoms with Crippen LogP contribution in [0.15, 0.2) is 6.20 Å². The van der Waals surface area contributed by atoms with Crippen LogP contribution in [-0.2, 0) is 0 Å². The Labute approximate surface area is 68.3 Å². The molecule has 2 heterocycles. The molecule has 0 saturated heterocycles. The minimum absolute atomic E-state index is 0.806. The minimum atomic E-state index is 0.806. The molecule has 0 amide bonds. The number of hydrogen-bond donors (Lipinski definition) is 0. The molecule has 0 aliphatic heterocycles. The van der Waals surface area contributed by atoms with Gasteiger partial charge in [-0.15, -0.1) is 0 Å². The summed E-state index contributed by atoms with van der Waals surface area (Å²) in [6.07, 6.45) is 1.82. The number of hydrogen-bond acceptors (Lipinski definition) is 4. The third kappa shape index (κ3) is 0.991. The molecule has 0 spiro atoms. The molecule has 4 heteroatoms. The second kappa shape index (κ2) is 2.23. The van der Waals surface area contributed by atoms with Gasteiger partial charge in [0.2, 0.25) is 0 Å². The van der Waals surface area contributed by atoms with Crippen LogP contribution in [0.2, 0.25) is 0 Å². The summed E-state index contributed by atoms with van der Waals surface area (Å²) < 4.78 is 5.24. The zero-order chi connectivity index (χ0) is 7.84. The van der Waals surface area contributed by atoms with Gasteiger partial charge in [0, 0.05) is 0 Å². The third-order valence-corrected chi connectivity index (χ3v) is 2.36. The van der Waals surface area contributed by atoms with E-state index in [4.69, 9.17) is 0 Å². The molecule has 0 aliphatic carbocycles. The second-order valence-electron chi connectivity index (χ2n) is 2.40. The highest BCUT2D eigenvalue weighted by Crippen LogP contribution is 2.18. The highest BCUT2D eigenvalue weighted by molar-refractivity contribution is 7.13. The van der Waals surface area contributed by atoms with Crippen molar-refractivity contribution in [2.24, 2.45) is 0 Å². The van der Waals surface area contributed by atoms with E-state index >= 15 is 0 Å². The Kier molecular flexibility index (Phi) is 1.35. The fourth-order valence-corrected chi connectivity index (χ4v) is 1.65. The molecule has 3 nitrogen and oxygen atoms in total.